The highest BCUT2D eigenvalue weighted by atomic mass is 16.5. The van der Waals surface area contributed by atoms with Crippen LogP contribution in [0.3, 0.4) is 0 Å². The van der Waals surface area contributed by atoms with Crippen molar-refractivity contribution in [2.45, 2.75) is 39.0 Å². The van der Waals surface area contributed by atoms with Crippen LogP contribution in [0.4, 0.5) is 0 Å². The summed E-state index contributed by atoms with van der Waals surface area (Å²) >= 11 is 0. The summed E-state index contributed by atoms with van der Waals surface area (Å²) < 4.78 is 7.78. The second kappa shape index (κ2) is 4.78. The van der Waals surface area contributed by atoms with E-state index < -0.39 is 0 Å². The fourth-order valence-corrected chi connectivity index (χ4v) is 3.00. The molecule has 1 aliphatic heterocycles. The summed E-state index contributed by atoms with van der Waals surface area (Å²) in [7, 11) is 3.96. The Hall–Kier alpha value is -0.870. The largest absolute Gasteiger partial charge is 0.375 e. The molecule has 1 fully saturated rings. The number of hydrogen-bond donors (Lipinski definition) is 1. The zero-order valence-electron chi connectivity index (χ0n) is 11.3. The summed E-state index contributed by atoms with van der Waals surface area (Å²) in [4.78, 5) is 0. The van der Waals surface area contributed by atoms with Crippen LogP contribution in [0.15, 0.2) is 12.3 Å². The van der Waals surface area contributed by atoms with Crippen molar-refractivity contribution in [2.75, 3.05) is 7.05 Å². The molecule has 5 unspecified atom stereocenters. The molecule has 0 radical (unpaired) electrons. The summed E-state index contributed by atoms with van der Waals surface area (Å²) in [6.07, 6.45) is 2.60. The van der Waals surface area contributed by atoms with Gasteiger partial charge in [-0.05, 0) is 32.9 Å². The van der Waals surface area contributed by atoms with E-state index in [2.05, 4.69) is 37.3 Å². The second-order valence-corrected chi connectivity index (χ2v) is 5.16. The topological polar surface area (TPSA) is 39.1 Å². The first-order valence-electron chi connectivity index (χ1n) is 6.37. The fourth-order valence-electron chi connectivity index (χ4n) is 3.00. The lowest BCUT2D eigenvalue weighted by atomic mass is 9.82. The average molecular weight is 237 g/mol. The highest BCUT2D eigenvalue weighted by molar-refractivity contribution is 5.09. The molecule has 1 aromatic heterocycles. The van der Waals surface area contributed by atoms with Gasteiger partial charge in [0.15, 0.2) is 0 Å². The van der Waals surface area contributed by atoms with Gasteiger partial charge in [-0.15, -0.1) is 0 Å². The molecule has 0 amide bonds. The molecule has 1 N–H and O–H groups in total. The molecule has 0 bridgehead atoms. The standard InChI is InChI=1S/C13H23N3O/c1-8-9(2)17-10(3)12(8)13(14-4)11-6-7-16(5)15-11/h6-10,12-14H,1-5H3. The molecule has 17 heavy (non-hydrogen) atoms. The van der Waals surface area contributed by atoms with E-state index in [0.717, 1.165) is 5.69 Å². The molecule has 0 saturated carbocycles. The van der Waals surface area contributed by atoms with Gasteiger partial charge < -0.3 is 10.1 Å². The Balaban J connectivity index is 2.24. The minimum absolute atomic E-state index is 0.270. The van der Waals surface area contributed by atoms with E-state index in [9.17, 15) is 0 Å². The normalized spacial score (nSPS) is 35.1. The number of hydrogen-bond acceptors (Lipinski definition) is 3. The van der Waals surface area contributed by atoms with E-state index >= 15 is 0 Å². The molecule has 96 valence electrons. The number of ether oxygens (including phenoxy) is 1. The lowest BCUT2D eigenvalue weighted by Gasteiger charge is -2.27. The molecular weight excluding hydrogens is 214 g/mol. The van der Waals surface area contributed by atoms with Crippen molar-refractivity contribution >= 4 is 0 Å². The predicted octanol–water partition coefficient (Wildman–Crippen LogP) is 1.74. The molecule has 4 nitrogen and oxygen atoms in total. The Labute approximate surface area is 103 Å². The van der Waals surface area contributed by atoms with Crippen LogP contribution in [0.2, 0.25) is 0 Å². The number of aryl methyl sites for hydroxylation is 1. The molecule has 2 rings (SSSR count). The first-order valence-corrected chi connectivity index (χ1v) is 6.37. The summed E-state index contributed by atoms with van der Waals surface area (Å²) in [5.41, 5.74) is 1.11. The van der Waals surface area contributed by atoms with Crippen molar-refractivity contribution < 1.29 is 4.74 Å². The van der Waals surface area contributed by atoms with Crippen LogP contribution >= 0.6 is 0 Å². The van der Waals surface area contributed by atoms with Gasteiger partial charge in [0.1, 0.15) is 0 Å². The smallest absolute Gasteiger partial charge is 0.0797 e. The maximum atomic E-state index is 5.92. The Bertz CT molecular complexity index is 376. The van der Waals surface area contributed by atoms with Crippen molar-refractivity contribution in [3.05, 3.63) is 18.0 Å². The second-order valence-electron chi connectivity index (χ2n) is 5.16. The van der Waals surface area contributed by atoms with Gasteiger partial charge in [0.05, 0.1) is 23.9 Å². The Kier molecular flexibility index (Phi) is 3.54. The van der Waals surface area contributed by atoms with E-state index in [1.54, 1.807) is 0 Å². The Morgan fingerprint density at radius 2 is 2.06 bits per heavy atom. The molecule has 1 saturated heterocycles. The molecule has 0 aliphatic carbocycles. The maximum absolute atomic E-state index is 5.92. The first-order chi connectivity index (χ1) is 8.04. The van der Waals surface area contributed by atoms with Crippen LogP contribution in [0, 0.1) is 11.8 Å². The molecule has 0 spiro atoms. The minimum Gasteiger partial charge on any atom is -0.375 e. The van der Waals surface area contributed by atoms with Crippen LogP contribution in [-0.2, 0) is 11.8 Å². The summed E-state index contributed by atoms with van der Waals surface area (Å²) in [6.45, 7) is 6.59. The highest BCUT2D eigenvalue weighted by Gasteiger charge is 2.42. The van der Waals surface area contributed by atoms with Crippen molar-refractivity contribution in [2.24, 2.45) is 18.9 Å². The lowest BCUT2D eigenvalue weighted by Crippen LogP contribution is -2.33. The van der Waals surface area contributed by atoms with Crippen molar-refractivity contribution in [1.29, 1.82) is 0 Å². The van der Waals surface area contributed by atoms with Gasteiger partial charge in [0.25, 0.3) is 0 Å². The highest BCUT2D eigenvalue weighted by Crippen LogP contribution is 2.39. The number of nitrogens with zero attached hydrogens (tertiary/aromatic N) is 2. The van der Waals surface area contributed by atoms with Crippen molar-refractivity contribution in [1.82, 2.24) is 15.1 Å². The molecular formula is C13H23N3O. The number of aromatic nitrogens is 2. The molecule has 2 heterocycles. The van der Waals surface area contributed by atoms with Crippen LogP contribution in [0.25, 0.3) is 0 Å². The summed E-state index contributed by atoms with van der Waals surface area (Å²) in [5.74, 6) is 1.02. The summed E-state index contributed by atoms with van der Waals surface area (Å²) in [6, 6.07) is 2.36. The van der Waals surface area contributed by atoms with Gasteiger partial charge in [-0.1, -0.05) is 6.92 Å². The van der Waals surface area contributed by atoms with Gasteiger partial charge in [-0.25, -0.2) is 0 Å². The Morgan fingerprint density at radius 3 is 2.47 bits per heavy atom. The van der Waals surface area contributed by atoms with Crippen LogP contribution in [0.5, 0.6) is 0 Å². The zero-order chi connectivity index (χ0) is 12.6. The van der Waals surface area contributed by atoms with Crippen molar-refractivity contribution in [3.8, 4) is 0 Å². The molecule has 5 atom stereocenters. The number of nitrogens with one attached hydrogen (secondary N) is 1. The number of rotatable bonds is 3. The van der Waals surface area contributed by atoms with E-state index in [4.69, 9.17) is 4.74 Å². The Morgan fingerprint density at radius 1 is 1.35 bits per heavy atom. The lowest BCUT2D eigenvalue weighted by molar-refractivity contribution is 0.0476. The quantitative estimate of drug-likeness (QED) is 0.870. The molecule has 1 aliphatic rings. The molecule has 0 aromatic carbocycles. The van der Waals surface area contributed by atoms with Gasteiger partial charge in [0, 0.05) is 19.2 Å². The monoisotopic (exact) mass is 237 g/mol. The van der Waals surface area contributed by atoms with Gasteiger partial charge in [-0.2, -0.15) is 5.10 Å². The van der Waals surface area contributed by atoms with Gasteiger partial charge in [-0.3, -0.25) is 4.68 Å². The summed E-state index contributed by atoms with van der Waals surface area (Å²) in [5, 5.41) is 7.92. The van der Waals surface area contributed by atoms with Gasteiger partial charge in [0.2, 0.25) is 0 Å². The van der Waals surface area contributed by atoms with Crippen LogP contribution in [0.1, 0.15) is 32.5 Å². The van der Waals surface area contributed by atoms with Crippen LogP contribution in [-0.4, -0.2) is 29.0 Å². The van der Waals surface area contributed by atoms with Crippen LogP contribution < -0.4 is 5.32 Å². The third kappa shape index (κ3) is 2.24. The first kappa shape index (κ1) is 12.6. The van der Waals surface area contributed by atoms with Gasteiger partial charge >= 0.3 is 0 Å². The fraction of sp³-hybridized carbons (Fsp3) is 0.769. The predicted molar refractivity (Wildman–Crippen MR) is 67.7 cm³/mol. The maximum Gasteiger partial charge on any atom is 0.0797 e. The van der Waals surface area contributed by atoms with E-state index in [1.165, 1.54) is 0 Å². The SMILES string of the molecule is CNC(c1ccn(C)n1)C1C(C)OC(C)C1C. The van der Waals surface area contributed by atoms with E-state index in [1.807, 2.05) is 25.0 Å². The third-order valence-corrected chi connectivity index (χ3v) is 4.07. The van der Waals surface area contributed by atoms with E-state index in [-0.39, 0.29) is 12.1 Å². The molecule has 1 aromatic rings. The third-order valence-electron chi connectivity index (χ3n) is 4.07. The average Bonchev–Trinajstić information content (AvgIpc) is 2.79. The van der Waals surface area contributed by atoms with Crippen molar-refractivity contribution in [3.63, 3.8) is 0 Å². The zero-order valence-corrected chi connectivity index (χ0v) is 11.3. The molecule has 4 heteroatoms. The minimum atomic E-state index is 0.270. The van der Waals surface area contributed by atoms with E-state index in [0.29, 0.717) is 17.9 Å².